The van der Waals surface area contributed by atoms with Crippen LogP contribution in [-0.2, 0) is 9.47 Å². The van der Waals surface area contributed by atoms with E-state index in [-0.39, 0.29) is 13.2 Å². The summed E-state index contributed by atoms with van der Waals surface area (Å²) in [5, 5.41) is 57.2. The van der Waals surface area contributed by atoms with Crippen LogP contribution in [-0.4, -0.2) is 80.8 Å². The highest BCUT2D eigenvalue weighted by molar-refractivity contribution is 4.85. The molecular formula is C12H26O8. The zero-order valence-electron chi connectivity index (χ0n) is 11.8. The molecule has 0 aliphatic rings. The van der Waals surface area contributed by atoms with Gasteiger partial charge in [0.25, 0.3) is 0 Å². The molecule has 0 saturated carbocycles. The molecule has 20 heavy (non-hydrogen) atoms. The molecule has 8 heteroatoms. The van der Waals surface area contributed by atoms with Crippen molar-refractivity contribution in [3.05, 3.63) is 0 Å². The van der Waals surface area contributed by atoms with Crippen LogP contribution in [0.2, 0.25) is 0 Å². The number of ether oxygens (including phenoxy) is 2. The van der Waals surface area contributed by atoms with E-state index in [4.69, 9.17) is 14.6 Å². The summed E-state index contributed by atoms with van der Waals surface area (Å²) in [5.41, 5.74) is 0. The molecule has 6 N–H and O–H groups in total. The van der Waals surface area contributed by atoms with Crippen molar-refractivity contribution in [2.24, 2.45) is 0 Å². The Kier molecular flexibility index (Phi) is 9.43. The quantitative estimate of drug-likeness (QED) is 0.239. The fourth-order valence-corrected chi connectivity index (χ4v) is 1.45. The van der Waals surface area contributed by atoms with Crippen molar-refractivity contribution < 1.29 is 40.1 Å². The molecule has 0 aromatic carbocycles. The van der Waals surface area contributed by atoms with Gasteiger partial charge in [0.1, 0.15) is 18.3 Å². The van der Waals surface area contributed by atoms with E-state index >= 15 is 0 Å². The van der Waals surface area contributed by atoms with Gasteiger partial charge in [-0.05, 0) is 12.8 Å². The summed E-state index contributed by atoms with van der Waals surface area (Å²) in [5.74, 6) is -2.50. The van der Waals surface area contributed by atoms with E-state index in [9.17, 15) is 25.5 Å². The summed E-state index contributed by atoms with van der Waals surface area (Å²) in [7, 11) is 0. The van der Waals surface area contributed by atoms with Crippen LogP contribution >= 0.6 is 0 Å². The van der Waals surface area contributed by atoms with Crippen molar-refractivity contribution in [3.8, 4) is 0 Å². The molecule has 4 atom stereocenters. The first-order valence-corrected chi connectivity index (χ1v) is 6.67. The molecule has 8 nitrogen and oxygen atoms in total. The van der Waals surface area contributed by atoms with Crippen LogP contribution in [0.15, 0.2) is 0 Å². The number of aliphatic hydroxyl groups is 6. The predicted molar refractivity (Wildman–Crippen MR) is 68.5 cm³/mol. The monoisotopic (exact) mass is 298 g/mol. The Morgan fingerprint density at radius 3 is 1.70 bits per heavy atom. The van der Waals surface area contributed by atoms with E-state index in [0.29, 0.717) is 12.8 Å². The summed E-state index contributed by atoms with van der Waals surface area (Å²) in [4.78, 5) is 0. The van der Waals surface area contributed by atoms with Gasteiger partial charge in [-0.2, -0.15) is 0 Å². The van der Waals surface area contributed by atoms with E-state index in [1.807, 2.05) is 0 Å². The maximum atomic E-state index is 10.1. The van der Waals surface area contributed by atoms with Crippen LogP contribution in [0.4, 0.5) is 0 Å². The first-order valence-electron chi connectivity index (χ1n) is 6.67. The van der Waals surface area contributed by atoms with Crippen molar-refractivity contribution >= 4 is 0 Å². The molecule has 0 heterocycles. The summed E-state index contributed by atoms with van der Waals surface area (Å²) in [6, 6.07) is 0. The molecule has 0 fully saturated rings. The summed E-state index contributed by atoms with van der Waals surface area (Å²) >= 11 is 0. The van der Waals surface area contributed by atoms with E-state index in [1.165, 1.54) is 0 Å². The smallest absolute Gasteiger partial charge is 0.310 e. The van der Waals surface area contributed by atoms with Gasteiger partial charge in [-0.25, -0.2) is 0 Å². The van der Waals surface area contributed by atoms with Crippen molar-refractivity contribution in [2.45, 2.75) is 57.1 Å². The molecule has 0 aromatic rings. The molecule has 0 spiro atoms. The third-order valence-electron chi connectivity index (χ3n) is 2.65. The van der Waals surface area contributed by atoms with Crippen LogP contribution < -0.4 is 0 Å². The SMILES string of the molecule is CCCOC(O)(OCCC)[C@H](O)[C@H](O)[C@H](O)[C@@H](O)CO. The molecule has 0 saturated heterocycles. The Labute approximate surface area is 118 Å². The summed E-state index contributed by atoms with van der Waals surface area (Å²) in [6.45, 7) is 2.85. The minimum atomic E-state index is -2.50. The van der Waals surface area contributed by atoms with E-state index in [1.54, 1.807) is 13.8 Å². The van der Waals surface area contributed by atoms with Crippen molar-refractivity contribution in [2.75, 3.05) is 19.8 Å². The Balaban J connectivity index is 4.86. The van der Waals surface area contributed by atoms with Gasteiger partial charge in [-0.3, -0.25) is 0 Å². The van der Waals surface area contributed by atoms with Gasteiger partial charge in [0.15, 0.2) is 6.10 Å². The molecule has 0 unspecified atom stereocenters. The van der Waals surface area contributed by atoms with Crippen LogP contribution in [0.5, 0.6) is 0 Å². The van der Waals surface area contributed by atoms with E-state index in [0.717, 1.165) is 0 Å². The zero-order valence-corrected chi connectivity index (χ0v) is 11.8. The second-order valence-corrected chi connectivity index (χ2v) is 4.50. The van der Waals surface area contributed by atoms with Gasteiger partial charge in [0.05, 0.1) is 19.8 Å². The Morgan fingerprint density at radius 2 is 1.35 bits per heavy atom. The van der Waals surface area contributed by atoms with Gasteiger partial charge >= 0.3 is 5.97 Å². The number of aliphatic hydroxyl groups excluding tert-OH is 5. The van der Waals surface area contributed by atoms with Crippen molar-refractivity contribution in [1.82, 2.24) is 0 Å². The average Bonchev–Trinajstić information content (AvgIpc) is 2.47. The number of hydrogen-bond donors (Lipinski definition) is 6. The maximum Gasteiger partial charge on any atom is 0.310 e. The third kappa shape index (κ3) is 5.58. The van der Waals surface area contributed by atoms with E-state index in [2.05, 4.69) is 0 Å². The molecular weight excluding hydrogens is 272 g/mol. The second kappa shape index (κ2) is 9.59. The molecule has 0 amide bonds. The fourth-order valence-electron chi connectivity index (χ4n) is 1.45. The third-order valence-corrected chi connectivity index (χ3v) is 2.65. The lowest BCUT2D eigenvalue weighted by atomic mass is 10.0. The second-order valence-electron chi connectivity index (χ2n) is 4.50. The summed E-state index contributed by atoms with van der Waals surface area (Å²) in [6.07, 6.45) is -6.45. The summed E-state index contributed by atoms with van der Waals surface area (Å²) < 4.78 is 9.99. The van der Waals surface area contributed by atoms with Gasteiger partial charge in [-0.15, -0.1) is 0 Å². The highest BCUT2D eigenvalue weighted by atomic mass is 16.8. The molecule has 0 radical (unpaired) electrons. The predicted octanol–water partition coefficient (Wildman–Crippen LogP) is -2.08. The van der Waals surface area contributed by atoms with Gasteiger partial charge in [0.2, 0.25) is 0 Å². The normalized spacial score (nSPS) is 18.6. The van der Waals surface area contributed by atoms with Crippen LogP contribution in [0.3, 0.4) is 0 Å². The lowest BCUT2D eigenvalue weighted by molar-refractivity contribution is -0.408. The van der Waals surface area contributed by atoms with Crippen molar-refractivity contribution in [3.63, 3.8) is 0 Å². The molecule has 0 aliphatic carbocycles. The molecule has 122 valence electrons. The molecule has 0 bridgehead atoms. The minimum Gasteiger partial charge on any atom is -0.394 e. The Hall–Kier alpha value is -0.320. The van der Waals surface area contributed by atoms with Crippen molar-refractivity contribution in [1.29, 1.82) is 0 Å². The molecule has 0 aromatic heterocycles. The standard InChI is InChI=1S/C12H26O8/c1-3-5-19-12(18,20-6-4-2)11(17)10(16)9(15)8(14)7-13/h8-11,13-18H,3-7H2,1-2H3/t8-,9+,10+,11+/m0/s1. The van der Waals surface area contributed by atoms with Crippen LogP contribution in [0.1, 0.15) is 26.7 Å². The molecule has 0 rings (SSSR count). The number of rotatable bonds is 11. The Bertz CT molecular complexity index is 242. The maximum absolute atomic E-state index is 10.1. The zero-order chi connectivity index (χ0) is 15.8. The lowest BCUT2D eigenvalue weighted by Crippen LogP contribution is -2.58. The van der Waals surface area contributed by atoms with Gasteiger partial charge < -0.3 is 40.1 Å². The molecule has 0 aliphatic heterocycles. The highest BCUT2D eigenvalue weighted by Crippen LogP contribution is 2.21. The lowest BCUT2D eigenvalue weighted by Gasteiger charge is -2.36. The number of hydrogen-bond acceptors (Lipinski definition) is 8. The van der Waals surface area contributed by atoms with Gasteiger partial charge in [0, 0.05) is 0 Å². The highest BCUT2D eigenvalue weighted by Gasteiger charge is 2.46. The fraction of sp³-hybridized carbons (Fsp3) is 1.00. The average molecular weight is 298 g/mol. The topological polar surface area (TPSA) is 140 Å². The van der Waals surface area contributed by atoms with Gasteiger partial charge in [-0.1, -0.05) is 13.8 Å². The largest absolute Gasteiger partial charge is 0.394 e. The first-order chi connectivity index (χ1) is 9.33. The first kappa shape index (κ1) is 19.7. The van der Waals surface area contributed by atoms with Crippen LogP contribution in [0.25, 0.3) is 0 Å². The van der Waals surface area contributed by atoms with E-state index < -0.39 is 37.0 Å². The minimum absolute atomic E-state index is 0.0582. The Morgan fingerprint density at radius 1 is 0.900 bits per heavy atom. The van der Waals surface area contributed by atoms with Crippen LogP contribution in [0, 0.1) is 0 Å².